The first kappa shape index (κ1) is 21.3. The molecular formula is C23H18N2O6S. The van der Waals surface area contributed by atoms with E-state index in [0.29, 0.717) is 33.2 Å². The van der Waals surface area contributed by atoms with Crippen molar-refractivity contribution in [3.8, 4) is 5.75 Å². The monoisotopic (exact) mass is 450 g/mol. The number of benzene rings is 2. The smallest absolute Gasteiger partial charge is 0.374 e. The highest BCUT2D eigenvalue weighted by molar-refractivity contribution is 7.14. The van der Waals surface area contributed by atoms with E-state index < -0.39 is 5.97 Å². The first-order chi connectivity index (χ1) is 15.5. The van der Waals surface area contributed by atoms with Crippen molar-refractivity contribution in [2.24, 2.45) is 0 Å². The molecule has 0 radical (unpaired) electrons. The van der Waals surface area contributed by atoms with Crippen molar-refractivity contribution in [2.75, 3.05) is 12.0 Å². The molecule has 0 aliphatic carbocycles. The molecule has 9 heteroatoms. The SMILES string of the molecule is COc1ccccc1N(C(C)=O)c1nc(COC(=O)c2cc(=O)c3ccccc3o2)cs1. The highest BCUT2D eigenvalue weighted by Gasteiger charge is 2.22. The number of hydrogen-bond donors (Lipinski definition) is 0. The number of nitrogens with zero attached hydrogens (tertiary/aromatic N) is 2. The van der Waals surface area contributed by atoms with Crippen LogP contribution in [0, 0.1) is 0 Å². The largest absolute Gasteiger partial charge is 0.495 e. The third-order valence-corrected chi connectivity index (χ3v) is 5.43. The van der Waals surface area contributed by atoms with Crippen LogP contribution in [0.15, 0.2) is 69.2 Å². The van der Waals surface area contributed by atoms with E-state index >= 15 is 0 Å². The molecule has 4 aromatic rings. The number of rotatable bonds is 6. The minimum absolute atomic E-state index is 0.149. The van der Waals surface area contributed by atoms with Crippen molar-refractivity contribution < 1.29 is 23.5 Å². The minimum Gasteiger partial charge on any atom is -0.495 e. The van der Waals surface area contributed by atoms with Gasteiger partial charge in [0.15, 0.2) is 10.6 Å². The summed E-state index contributed by atoms with van der Waals surface area (Å²) in [5.41, 5.74) is 0.974. The summed E-state index contributed by atoms with van der Waals surface area (Å²) in [6.45, 7) is 1.28. The summed E-state index contributed by atoms with van der Waals surface area (Å²) in [5.74, 6) is -0.693. The van der Waals surface area contributed by atoms with Gasteiger partial charge >= 0.3 is 5.97 Å². The van der Waals surface area contributed by atoms with Gasteiger partial charge in [0.05, 0.1) is 23.9 Å². The quantitative estimate of drug-likeness (QED) is 0.404. The molecule has 0 aliphatic heterocycles. The third kappa shape index (κ3) is 4.23. The molecule has 4 rings (SSSR count). The number of carbonyl (C=O) groups excluding carboxylic acids is 2. The lowest BCUT2D eigenvalue weighted by atomic mass is 10.2. The zero-order valence-electron chi connectivity index (χ0n) is 17.2. The van der Waals surface area contributed by atoms with Crippen molar-refractivity contribution >= 4 is 45.0 Å². The van der Waals surface area contributed by atoms with Crippen molar-refractivity contribution in [3.05, 3.63) is 81.7 Å². The topological polar surface area (TPSA) is 98.9 Å². The van der Waals surface area contributed by atoms with Gasteiger partial charge in [-0.2, -0.15) is 0 Å². The molecule has 0 saturated heterocycles. The molecule has 32 heavy (non-hydrogen) atoms. The van der Waals surface area contributed by atoms with E-state index in [-0.39, 0.29) is 23.7 Å². The van der Waals surface area contributed by atoms with Gasteiger partial charge in [0, 0.05) is 18.4 Å². The van der Waals surface area contributed by atoms with Crippen LogP contribution in [0.25, 0.3) is 11.0 Å². The number of aromatic nitrogens is 1. The summed E-state index contributed by atoms with van der Waals surface area (Å²) in [4.78, 5) is 42.8. The van der Waals surface area contributed by atoms with Gasteiger partial charge in [0.25, 0.3) is 0 Å². The fourth-order valence-corrected chi connectivity index (χ4v) is 3.97. The maximum Gasteiger partial charge on any atom is 0.374 e. The Bertz CT molecular complexity index is 1360. The number of methoxy groups -OCH3 is 1. The molecule has 8 nitrogen and oxygen atoms in total. The molecule has 2 aromatic carbocycles. The van der Waals surface area contributed by atoms with Crippen LogP contribution < -0.4 is 15.1 Å². The van der Waals surface area contributed by atoms with E-state index in [1.165, 1.54) is 30.3 Å². The van der Waals surface area contributed by atoms with E-state index in [0.717, 1.165) is 6.07 Å². The van der Waals surface area contributed by atoms with Gasteiger partial charge in [0.2, 0.25) is 11.7 Å². The van der Waals surface area contributed by atoms with Crippen molar-refractivity contribution in [1.82, 2.24) is 4.98 Å². The number of para-hydroxylation sites is 3. The summed E-state index contributed by atoms with van der Waals surface area (Å²) < 4.78 is 16.1. The molecule has 0 aliphatic rings. The van der Waals surface area contributed by atoms with Crippen LogP contribution in [-0.2, 0) is 16.1 Å². The zero-order valence-corrected chi connectivity index (χ0v) is 18.0. The Morgan fingerprint density at radius 3 is 2.66 bits per heavy atom. The molecular weight excluding hydrogens is 432 g/mol. The molecule has 0 unspecified atom stereocenters. The molecule has 0 N–H and O–H groups in total. The van der Waals surface area contributed by atoms with Crippen molar-refractivity contribution in [1.29, 1.82) is 0 Å². The van der Waals surface area contributed by atoms with Crippen molar-refractivity contribution in [2.45, 2.75) is 13.5 Å². The second-order valence-corrected chi connectivity index (χ2v) is 7.53. The van der Waals surface area contributed by atoms with E-state index in [1.807, 2.05) is 0 Å². The van der Waals surface area contributed by atoms with Gasteiger partial charge < -0.3 is 13.9 Å². The summed E-state index contributed by atoms with van der Waals surface area (Å²) in [6.07, 6.45) is 0. The molecule has 0 bridgehead atoms. The van der Waals surface area contributed by atoms with Gasteiger partial charge in [-0.25, -0.2) is 9.78 Å². The number of fused-ring (bicyclic) bond motifs is 1. The second-order valence-electron chi connectivity index (χ2n) is 6.69. The number of amides is 1. The number of carbonyl (C=O) groups is 2. The Labute approximate surface area is 186 Å². The Kier molecular flexibility index (Phi) is 6.00. The first-order valence-corrected chi connectivity index (χ1v) is 10.4. The fraction of sp³-hybridized carbons (Fsp3) is 0.130. The average Bonchev–Trinajstić information content (AvgIpc) is 3.26. The van der Waals surface area contributed by atoms with Crippen molar-refractivity contribution in [3.63, 3.8) is 0 Å². The molecule has 2 aromatic heterocycles. The number of esters is 1. The normalized spacial score (nSPS) is 10.7. The van der Waals surface area contributed by atoms with E-state index in [9.17, 15) is 14.4 Å². The van der Waals surface area contributed by atoms with E-state index in [2.05, 4.69) is 4.98 Å². The maximum atomic E-state index is 12.4. The number of hydrogen-bond acceptors (Lipinski definition) is 8. The Morgan fingerprint density at radius 2 is 1.88 bits per heavy atom. The highest BCUT2D eigenvalue weighted by atomic mass is 32.1. The Hall–Kier alpha value is -3.98. The number of anilines is 2. The summed E-state index contributed by atoms with van der Waals surface area (Å²) in [7, 11) is 1.52. The van der Waals surface area contributed by atoms with Crippen LogP contribution in [0.4, 0.5) is 10.8 Å². The zero-order chi connectivity index (χ0) is 22.7. The van der Waals surface area contributed by atoms with Gasteiger partial charge in [-0.05, 0) is 24.3 Å². The predicted molar refractivity (Wildman–Crippen MR) is 120 cm³/mol. The summed E-state index contributed by atoms with van der Waals surface area (Å²) in [5, 5.41) is 2.48. The molecule has 0 atom stereocenters. The van der Waals surface area contributed by atoms with Crippen LogP contribution in [0.1, 0.15) is 23.2 Å². The summed E-state index contributed by atoms with van der Waals surface area (Å²) in [6, 6.07) is 14.9. The van der Waals surface area contributed by atoms with Gasteiger partial charge in [-0.3, -0.25) is 14.5 Å². The average molecular weight is 450 g/mol. The van der Waals surface area contributed by atoms with Crippen LogP contribution in [0.2, 0.25) is 0 Å². The predicted octanol–water partition coefficient (Wildman–Crippen LogP) is 4.30. The number of thiazole rings is 1. The molecule has 0 saturated carbocycles. The first-order valence-electron chi connectivity index (χ1n) is 9.56. The lowest BCUT2D eigenvalue weighted by molar-refractivity contribution is -0.115. The van der Waals surface area contributed by atoms with Gasteiger partial charge in [0.1, 0.15) is 17.9 Å². The lowest BCUT2D eigenvalue weighted by Gasteiger charge is -2.20. The fourth-order valence-electron chi connectivity index (χ4n) is 3.10. The Balaban J connectivity index is 1.52. The molecule has 0 spiro atoms. The molecule has 1 amide bonds. The van der Waals surface area contributed by atoms with Crippen LogP contribution in [-0.4, -0.2) is 24.0 Å². The molecule has 162 valence electrons. The van der Waals surface area contributed by atoms with Gasteiger partial charge in [-0.15, -0.1) is 11.3 Å². The third-order valence-electron chi connectivity index (χ3n) is 4.56. The van der Waals surface area contributed by atoms with Crippen LogP contribution >= 0.6 is 11.3 Å². The van der Waals surface area contributed by atoms with E-state index in [1.54, 1.807) is 53.9 Å². The molecule has 2 heterocycles. The number of ether oxygens (including phenoxy) is 2. The van der Waals surface area contributed by atoms with Gasteiger partial charge in [-0.1, -0.05) is 24.3 Å². The maximum absolute atomic E-state index is 12.4. The van der Waals surface area contributed by atoms with Crippen LogP contribution in [0.5, 0.6) is 5.75 Å². The standard InChI is InChI=1S/C23H18N2O6S/c1-14(26)25(17-8-4-6-10-20(17)29-2)23-24-15(13-32-23)12-30-22(28)21-11-18(27)16-7-3-5-9-19(16)31-21/h3-11,13H,12H2,1-2H3. The van der Waals surface area contributed by atoms with E-state index in [4.69, 9.17) is 13.9 Å². The van der Waals surface area contributed by atoms with Crippen LogP contribution in [0.3, 0.4) is 0 Å². The second kappa shape index (κ2) is 9.03. The minimum atomic E-state index is -0.782. The summed E-state index contributed by atoms with van der Waals surface area (Å²) >= 11 is 1.23. The molecule has 0 fully saturated rings. The Morgan fingerprint density at radius 1 is 1.12 bits per heavy atom. The highest BCUT2D eigenvalue weighted by Crippen LogP contribution is 2.35. The lowest BCUT2D eigenvalue weighted by Crippen LogP contribution is -2.23.